The summed E-state index contributed by atoms with van der Waals surface area (Å²) in [6.07, 6.45) is 1.35. The first kappa shape index (κ1) is 16.9. The number of aliphatic hydroxyl groups is 1. The van der Waals surface area contributed by atoms with E-state index in [1.807, 2.05) is 26.0 Å². The fourth-order valence-corrected chi connectivity index (χ4v) is 1.60. The zero-order valence-electron chi connectivity index (χ0n) is 12.2. The van der Waals surface area contributed by atoms with Crippen molar-refractivity contribution in [2.24, 2.45) is 0 Å². The molecule has 1 aromatic heterocycles. The van der Waals surface area contributed by atoms with E-state index < -0.39 is 0 Å². The Morgan fingerprint density at radius 1 is 1.33 bits per heavy atom. The molecule has 0 bridgehead atoms. The first-order valence-electron chi connectivity index (χ1n) is 6.62. The van der Waals surface area contributed by atoms with Gasteiger partial charge in [0.25, 0.3) is 0 Å². The molecule has 0 radical (unpaired) electrons. The van der Waals surface area contributed by atoms with Gasteiger partial charge < -0.3 is 10.8 Å². The number of aromatic nitrogens is 1. The first-order valence-corrected chi connectivity index (χ1v) is 6.62. The third-order valence-corrected chi connectivity index (χ3v) is 2.53. The van der Waals surface area contributed by atoms with E-state index >= 15 is 0 Å². The van der Waals surface area contributed by atoms with Crippen molar-refractivity contribution in [3.05, 3.63) is 23.9 Å². The molecule has 1 unspecified atom stereocenters. The Hall–Kier alpha value is -1.13. The molecular weight excluding hydrogens is 226 g/mol. The second kappa shape index (κ2) is 8.89. The van der Waals surface area contributed by atoms with E-state index in [0.29, 0.717) is 18.4 Å². The van der Waals surface area contributed by atoms with Gasteiger partial charge in [0.15, 0.2) is 0 Å². The molecule has 0 fully saturated rings. The van der Waals surface area contributed by atoms with Crippen molar-refractivity contribution in [2.45, 2.75) is 53.3 Å². The van der Waals surface area contributed by atoms with Crippen molar-refractivity contribution < 1.29 is 5.11 Å². The van der Waals surface area contributed by atoms with Gasteiger partial charge in [-0.3, -0.25) is 4.90 Å². The highest BCUT2D eigenvalue weighted by Gasteiger charge is 2.13. The van der Waals surface area contributed by atoms with E-state index in [1.165, 1.54) is 0 Å². The van der Waals surface area contributed by atoms with Gasteiger partial charge in [0, 0.05) is 30.9 Å². The van der Waals surface area contributed by atoms with Crippen LogP contribution in [0, 0.1) is 0 Å². The number of nitrogen functional groups attached to an aromatic ring is 1. The Kier molecular flexibility index (Phi) is 8.33. The van der Waals surface area contributed by atoms with Gasteiger partial charge in [0.1, 0.15) is 5.82 Å². The maximum absolute atomic E-state index is 9.43. The minimum Gasteiger partial charge on any atom is -0.392 e. The molecular formula is C14H27N3O. The van der Waals surface area contributed by atoms with Crippen LogP contribution in [0.3, 0.4) is 0 Å². The van der Waals surface area contributed by atoms with Crippen LogP contribution in [0.25, 0.3) is 0 Å². The molecule has 0 aliphatic heterocycles. The molecule has 0 saturated heterocycles. The van der Waals surface area contributed by atoms with E-state index in [2.05, 4.69) is 23.7 Å². The van der Waals surface area contributed by atoms with Gasteiger partial charge in [-0.15, -0.1) is 0 Å². The van der Waals surface area contributed by atoms with Crippen molar-refractivity contribution in [1.82, 2.24) is 9.88 Å². The molecule has 0 aliphatic carbocycles. The van der Waals surface area contributed by atoms with Crippen LogP contribution in [-0.2, 0) is 6.54 Å². The molecule has 104 valence electrons. The van der Waals surface area contributed by atoms with Crippen LogP contribution >= 0.6 is 0 Å². The highest BCUT2D eigenvalue weighted by atomic mass is 16.3. The highest BCUT2D eigenvalue weighted by Crippen LogP contribution is 2.13. The third kappa shape index (κ3) is 5.98. The molecule has 0 spiro atoms. The number of nitrogens with zero attached hydrogens (tertiary/aromatic N) is 2. The second-order valence-electron chi connectivity index (χ2n) is 4.42. The van der Waals surface area contributed by atoms with Gasteiger partial charge in [0.2, 0.25) is 0 Å². The average molecular weight is 253 g/mol. The maximum Gasteiger partial charge on any atom is 0.127 e. The smallest absolute Gasteiger partial charge is 0.127 e. The van der Waals surface area contributed by atoms with Crippen LogP contribution in [0.5, 0.6) is 0 Å². The molecule has 0 aliphatic rings. The van der Waals surface area contributed by atoms with E-state index in [0.717, 1.165) is 12.1 Å². The van der Waals surface area contributed by atoms with E-state index in [4.69, 9.17) is 5.73 Å². The highest BCUT2D eigenvalue weighted by molar-refractivity contribution is 5.38. The largest absolute Gasteiger partial charge is 0.392 e. The topological polar surface area (TPSA) is 62.4 Å². The number of rotatable bonds is 5. The summed E-state index contributed by atoms with van der Waals surface area (Å²) in [4.78, 5) is 6.24. The molecule has 0 saturated carbocycles. The Morgan fingerprint density at radius 2 is 1.94 bits per heavy atom. The molecule has 1 atom stereocenters. The predicted molar refractivity (Wildman–Crippen MR) is 77.2 cm³/mol. The van der Waals surface area contributed by atoms with Crippen LogP contribution < -0.4 is 5.73 Å². The summed E-state index contributed by atoms with van der Waals surface area (Å²) < 4.78 is 0. The molecule has 0 amide bonds. The summed E-state index contributed by atoms with van der Waals surface area (Å²) in [5.41, 5.74) is 6.81. The van der Waals surface area contributed by atoms with Crippen molar-refractivity contribution in [3.63, 3.8) is 0 Å². The molecule has 1 aromatic rings. The van der Waals surface area contributed by atoms with Crippen LogP contribution in [0.4, 0.5) is 5.82 Å². The van der Waals surface area contributed by atoms with E-state index in [9.17, 15) is 5.11 Å². The molecule has 1 heterocycles. The summed E-state index contributed by atoms with van der Waals surface area (Å²) in [6.45, 7) is 11.4. The fourth-order valence-electron chi connectivity index (χ4n) is 1.60. The lowest BCUT2D eigenvalue weighted by molar-refractivity contribution is 0.103. The quantitative estimate of drug-likeness (QED) is 0.845. The lowest BCUT2D eigenvalue weighted by Crippen LogP contribution is -2.36. The molecule has 0 aromatic carbocycles. The normalized spacial score (nSPS) is 12.2. The number of hydrogen-bond acceptors (Lipinski definition) is 4. The van der Waals surface area contributed by atoms with Crippen LogP contribution in [-0.4, -0.2) is 33.7 Å². The molecule has 18 heavy (non-hydrogen) atoms. The molecule has 4 heteroatoms. The Morgan fingerprint density at radius 3 is 2.39 bits per heavy atom. The van der Waals surface area contributed by atoms with Gasteiger partial charge in [-0.2, -0.15) is 0 Å². The number of aliphatic hydroxyl groups excluding tert-OH is 1. The SMILES string of the molecule is CC.CC(O)CN(Cc1cccnc1N)C(C)C. The summed E-state index contributed by atoms with van der Waals surface area (Å²) in [6, 6.07) is 4.22. The minimum absolute atomic E-state index is 0.333. The van der Waals surface area contributed by atoms with E-state index in [1.54, 1.807) is 13.1 Å². The fraction of sp³-hybridized carbons (Fsp3) is 0.643. The second-order valence-corrected chi connectivity index (χ2v) is 4.42. The number of hydrogen-bond donors (Lipinski definition) is 2. The van der Waals surface area contributed by atoms with Crippen LogP contribution in [0.2, 0.25) is 0 Å². The number of pyridine rings is 1. The molecule has 3 N–H and O–H groups in total. The van der Waals surface area contributed by atoms with Crippen molar-refractivity contribution >= 4 is 5.82 Å². The number of anilines is 1. The van der Waals surface area contributed by atoms with Crippen LogP contribution in [0.1, 0.15) is 40.2 Å². The van der Waals surface area contributed by atoms with Crippen molar-refractivity contribution in [3.8, 4) is 0 Å². The summed E-state index contributed by atoms with van der Waals surface area (Å²) in [5, 5.41) is 9.43. The number of nitrogens with two attached hydrogens (primary N) is 1. The lowest BCUT2D eigenvalue weighted by Gasteiger charge is -2.27. The zero-order chi connectivity index (χ0) is 14.1. The maximum atomic E-state index is 9.43. The monoisotopic (exact) mass is 253 g/mol. The van der Waals surface area contributed by atoms with Gasteiger partial charge >= 0.3 is 0 Å². The van der Waals surface area contributed by atoms with Gasteiger partial charge in [-0.05, 0) is 26.8 Å². The standard InChI is InChI=1S/C12H21N3O.C2H6/c1-9(2)15(7-10(3)16)8-11-5-4-6-14-12(11)13;1-2/h4-6,9-10,16H,7-8H2,1-3H3,(H2,13,14);1-2H3. The summed E-state index contributed by atoms with van der Waals surface area (Å²) >= 11 is 0. The Bertz CT molecular complexity index is 327. The van der Waals surface area contributed by atoms with Gasteiger partial charge in [-0.1, -0.05) is 19.9 Å². The third-order valence-electron chi connectivity index (χ3n) is 2.53. The van der Waals surface area contributed by atoms with Crippen LogP contribution in [0.15, 0.2) is 18.3 Å². The van der Waals surface area contributed by atoms with Gasteiger partial charge in [-0.25, -0.2) is 4.98 Å². The zero-order valence-corrected chi connectivity index (χ0v) is 12.2. The van der Waals surface area contributed by atoms with Gasteiger partial charge in [0.05, 0.1) is 6.10 Å². The van der Waals surface area contributed by atoms with Crippen molar-refractivity contribution in [2.75, 3.05) is 12.3 Å². The Balaban J connectivity index is 0.00000137. The lowest BCUT2D eigenvalue weighted by atomic mass is 10.2. The average Bonchev–Trinajstić information content (AvgIpc) is 2.33. The minimum atomic E-state index is -0.333. The Labute approximate surface area is 111 Å². The molecule has 4 nitrogen and oxygen atoms in total. The summed E-state index contributed by atoms with van der Waals surface area (Å²) in [5.74, 6) is 0.568. The molecule has 1 rings (SSSR count). The first-order chi connectivity index (χ1) is 8.50. The summed E-state index contributed by atoms with van der Waals surface area (Å²) in [7, 11) is 0. The predicted octanol–water partition coefficient (Wildman–Crippen LogP) is 2.28. The van der Waals surface area contributed by atoms with Crippen molar-refractivity contribution in [1.29, 1.82) is 0 Å². The van der Waals surface area contributed by atoms with E-state index in [-0.39, 0.29) is 6.10 Å².